The van der Waals surface area contributed by atoms with Gasteiger partial charge in [0, 0.05) is 33.5 Å². The van der Waals surface area contributed by atoms with Gasteiger partial charge >= 0.3 is 0 Å². The second kappa shape index (κ2) is 4.92. The van der Waals surface area contributed by atoms with Crippen LogP contribution in [-0.4, -0.2) is 11.6 Å². The molecule has 0 unspecified atom stereocenters. The maximum absolute atomic E-state index is 13.0. The minimum atomic E-state index is -0.152. The van der Waals surface area contributed by atoms with Crippen molar-refractivity contribution in [1.82, 2.24) is 0 Å². The Morgan fingerprint density at radius 3 is 1.87 bits per heavy atom. The molecule has 0 saturated heterocycles. The van der Waals surface area contributed by atoms with Gasteiger partial charge in [-0.3, -0.25) is 9.59 Å². The van der Waals surface area contributed by atoms with E-state index in [0.29, 0.717) is 33.5 Å². The quantitative estimate of drug-likeness (QED) is 0.545. The van der Waals surface area contributed by atoms with Gasteiger partial charge in [-0.1, -0.05) is 54.6 Å². The van der Waals surface area contributed by atoms with Crippen LogP contribution < -0.4 is 5.73 Å². The van der Waals surface area contributed by atoms with Crippen LogP contribution in [0.5, 0.6) is 0 Å². The van der Waals surface area contributed by atoms with Gasteiger partial charge < -0.3 is 5.73 Å². The molecule has 4 rings (SSSR count). The molecule has 3 nitrogen and oxygen atoms in total. The second-order valence-corrected chi connectivity index (χ2v) is 5.52. The van der Waals surface area contributed by atoms with Gasteiger partial charge in [-0.2, -0.15) is 0 Å². The highest BCUT2D eigenvalue weighted by molar-refractivity contribution is 6.30. The first-order valence-corrected chi connectivity index (χ1v) is 7.35. The first kappa shape index (κ1) is 13.5. The summed E-state index contributed by atoms with van der Waals surface area (Å²) in [5.74, 6) is -0.284. The van der Waals surface area contributed by atoms with E-state index in [2.05, 4.69) is 0 Å². The number of anilines is 1. The molecule has 0 radical (unpaired) electrons. The summed E-state index contributed by atoms with van der Waals surface area (Å²) in [7, 11) is 0. The van der Waals surface area contributed by atoms with E-state index in [1.807, 2.05) is 30.3 Å². The normalized spacial score (nSPS) is 12.7. The van der Waals surface area contributed by atoms with Crippen molar-refractivity contribution in [2.75, 3.05) is 5.73 Å². The molecule has 0 saturated carbocycles. The third-order valence-corrected chi connectivity index (χ3v) is 4.19. The molecule has 0 aliphatic heterocycles. The van der Waals surface area contributed by atoms with Crippen LogP contribution in [0.2, 0.25) is 0 Å². The van der Waals surface area contributed by atoms with Crippen LogP contribution in [0.3, 0.4) is 0 Å². The van der Waals surface area contributed by atoms with Crippen LogP contribution in [0.4, 0.5) is 5.69 Å². The molecular formula is C20H13NO2. The molecule has 1 aliphatic carbocycles. The number of ketones is 2. The second-order valence-electron chi connectivity index (χ2n) is 5.52. The topological polar surface area (TPSA) is 60.2 Å². The van der Waals surface area contributed by atoms with Gasteiger partial charge in [0.2, 0.25) is 0 Å². The number of nitrogen functional groups attached to an aromatic ring is 1. The van der Waals surface area contributed by atoms with Crippen molar-refractivity contribution in [2.24, 2.45) is 0 Å². The van der Waals surface area contributed by atoms with Gasteiger partial charge in [-0.25, -0.2) is 0 Å². The fourth-order valence-corrected chi connectivity index (χ4v) is 3.12. The highest BCUT2D eigenvalue weighted by Gasteiger charge is 2.32. The van der Waals surface area contributed by atoms with Gasteiger partial charge in [0.1, 0.15) is 0 Å². The molecule has 2 N–H and O–H groups in total. The van der Waals surface area contributed by atoms with Gasteiger partial charge in [-0.05, 0) is 17.7 Å². The van der Waals surface area contributed by atoms with Gasteiger partial charge in [0.25, 0.3) is 0 Å². The Balaban J connectivity index is 2.06. The van der Waals surface area contributed by atoms with Crippen molar-refractivity contribution >= 4 is 17.3 Å². The summed E-state index contributed by atoms with van der Waals surface area (Å²) in [4.78, 5) is 25.7. The van der Waals surface area contributed by atoms with Gasteiger partial charge in [0.05, 0.1) is 0 Å². The summed E-state index contributed by atoms with van der Waals surface area (Å²) < 4.78 is 0. The Morgan fingerprint density at radius 1 is 0.565 bits per heavy atom. The molecule has 0 bridgehead atoms. The summed E-state index contributed by atoms with van der Waals surface area (Å²) in [6, 6.07) is 19.7. The van der Waals surface area contributed by atoms with Crippen molar-refractivity contribution in [3.05, 3.63) is 89.0 Å². The van der Waals surface area contributed by atoms with Crippen molar-refractivity contribution in [3.63, 3.8) is 0 Å². The van der Waals surface area contributed by atoms with E-state index >= 15 is 0 Å². The Hall–Kier alpha value is -3.20. The van der Waals surface area contributed by atoms with Crippen molar-refractivity contribution in [1.29, 1.82) is 0 Å². The standard InChI is InChI=1S/C20H13NO2/c21-16-11-10-15-18(17(16)12-6-2-1-3-7-12)20(23)14-9-5-4-8-13(14)19(15)22/h1-11H,21H2. The highest BCUT2D eigenvalue weighted by atomic mass is 16.1. The largest absolute Gasteiger partial charge is 0.398 e. The molecule has 1 aliphatic rings. The zero-order chi connectivity index (χ0) is 16.0. The first-order chi connectivity index (χ1) is 11.2. The lowest BCUT2D eigenvalue weighted by Gasteiger charge is -2.21. The highest BCUT2D eigenvalue weighted by Crippen LogP contribution is 2.37. The SMILES string of the molecule is Nc1ccc2c(c1-c1ccccc1)C(=O)c1ccccc1C2=O. The van der Waals surface area contributed by atoms with E-state index in [1.54, 1.807) is 36.4 Å². The fourth-order valence-electron chi connectivity index (χ4n) is 3.12. The maximum atomic E-state index is 13.0. The molecule has 110 valence electrons. The van der Waals surface area contributed by atoms with Crippen molar-refractivity contribution in [3.8, 4) is 11.1 Å². The van der Waals surface area contributed by atoms with Gasteiger partial charge in [-0.15, -0.1) is 0 Å². The molecule has 23 heavy (non-hydrogen) atoms. The summed E-state index contributed by atoms with van der Waals surface area (Å²) in [6.45, 7) is 0. The first-order valence-electron chi connectivity index (χ1n) is 7.35. The Kier molecular flexibility index (Phi) is 2.88. The molecule has 0 amide bonds. The average Bonchev–Trinajstić information content (AvgIpc) is 2.60. The fraction of sp³-hybridized carbons (Fsp3) is 0. The van der Waals surface area contributed by atoms with Crippen molar-refractivity contribution in [2.45, 2.75) is 0 Å². The van der Waals surface area contributed by atoms with Crippen LogP contribution in [0.1, 0.15) is 31.8 Å². The molecule has 3 aromatic rings. The monoisotopic (exact) mass is 299 g/mol. The summed E-state index contributed by atoms with van der Waals surface area (Å²) >= 11 is 0. The van der Waals surface area contributed by atoms with Crippen molar-refractivity contribution < 1.29 is 9.59 Å². The number of rotatable bonds is 1. The van der Waals surface area contributed by atoms with Crippen LogP contribution >= 0.6 is 0 Å². The molecule has 0 atom stereocenters. The number of nitrogens with two attached hydrogens (primary N) is 1. The Labute approximate surface area is 133 Å². The minimum Gasteiger partial charge on any atom is -0.398 e. The number of hydrogen-bond acceptors (Lipinski definition) is 3. The smallest absolute Gasteiger partial charge is 0.195 e. The predicted molar refractivity (Wildman–Crippen MR) is 89.6 cm³/mol. The molecule has 3 heteroatoms. The lowest BCUT2D eigenvalue weighted by molar-refractivity contribution is 0.0979. The van der Waals surface area contributed by atoms with E-state index in [4.69, 9.17) is 5.73 Å². The Morgan fingerprint density at radius 2 is 1.17 bits per heavy atom. The third-order valence-electron chi connectivity index (χ3n) is 4.19. The van der Waals surface area contributed by atoms with Gasteiger partial charge in [0.15, 0.2) is 11.6 Å². The number of benzene rings is 3. The molecule has 0 spiro atoms. The van der Waals surface area contributed by atoms with E-state index in [0.717, 1.165) is 5.56 Å². The molecule has 0 heterocycles. The molecular weight excluding hydrogens is 286 g/mol. The van der Waals surface area contributed by atoms with E-state index < -0.39 is 0 Å². The number of carbonyl (C=O) groups excluding carboxylic acids is 2. The zero-order valence-electron chi connectivity index (χ0n) is 12.2. The van der Waals surface area contributed by atoms with Crippen LogP contribution in [0, 0.1) is 0 Å². The molecule has 0 aromatic heterocycles. The third kappa shape index (κ3) is 1.90. The number of fused-ring (bicyclic) bond motifs is 2. The number of hydrogen-bond donors (Lipinski definition) is 1. The van der Waals surface area contributed by atoms with Crippen LogP contribution in [-0.2, 0) is 0 Å². The van der Waals surface area contributed by atoms with Crippen LogP contribution in [0.25, 0.3) is 11.1 Å². The van der Waals surface area contributed by atoms with E-state index in [-0.39, 0.29) is 11.6 Å². The number of carbonyl (C=O) groups is 2. The van der Waals surface area contributed by atoms with E-state index in [9.17, 15) is 9.59 Å². The van der Waals surface area contributed by atoms with Crippen LogP contribution in [0.15, 0.2) is 66.7 Å². The lowest BCUT2D eigenvalue weighted by Crippen LogP contribution is -2.22. The summed E-state index contributed by atoms with van der Waals surface area (Å²) in [5.41, 5.74) is 9.82. The minimum absolute atomic E-state index is 0.132. The maximum Gasteiger partial charge on any atom is 0.195 e. The summed E-state index contributed by atoms with van der Waals surface area (Å²) in [5, 5.41) is 0. The Bertz CT molecular complexity index is 959. The average molecular weight is 299 g/mol. The predicted octanol–water partition coefficient (Wildman–Crippen LogP) is 3.71. The molecule has 0 fully saturated rings. The van der Waals surface area contributed by atoms with E-state index in [1.165, 1.54) is 0 Å². The lowest BCUT2D eigenvalue weighted by atomic mass is 9.80. The summed E-state index contributed by atoms with van der Waals surface area (Å²) in [6.07, 6.45) is 0. The molecule has 3 aromatic carbocycles. The zero-order valence-corrected chi connectivity index (χ0v) is 12.2.